The van der Waals surface area contributed by atoms with E-state index in [4.69, 9.17) is 5.84 Å². The monoisotopic (exact) mass is 276 g/mol. The van der Waals surface area contributed by atoms with E-state index in [1.807, 2.05) is 13.8 Å². The Bertz CT molecular complexity index is 406. The molecule has 0 aliphatic carbocycles. The lowest BCUT2D eigenvalue weighted by molar-refractivity contribution is -0.137. The van der Waals surface area contributed by atoms with Crippen LogP contribution in [0.25, 0.3) is 0 Å². The fourth-order valence-corrected chi connectivity index (χ4v) is 1.70. The zero-order chi connectivity index (χ0) is 14.5. The van der Waals surface area contributed by atoms with Gasteiger partial charge in [-0.3, -0.25) is 0 Å². The molecule has 1 aromatic heterocycles. The molecular weight excluding hydrogens is 257 g/mol. The molecule has 0 saturated carbocycles. The van der Waals surface area contributed by atoms with E-state index in [9.17, 15) is 13.2 Å². The second-order valence-corrected chi connectivity index (χ2v) is 4.17. The number of pyridine rings is 1. The molecule has 0 radical (unpaired) electrons. The zero-order valence-corrected chi connectivity index (χ0v) is 11.1. The first-order chi connectivity index (χ1) is 8.92. The summed E-state index contributed by atoms with van der Waals surface area (Å²) in [4.78, 5) is 5.88. The van der Waals surface area contributed by atoms with E-state index in [2.05, 4.69) is 10.4 Å². The lowest BCUT2D eigenvalue weighted by Crippen LogP contribution is -2.26. The third-order valence-corrected chi connectivity index (χ3v) is 2.77. The van der Waals surface area contributed by atoms with Gasteiger partial charge in [-0.15, -0.1) is 0 Å². The van der Waals surface area contributed by atoms with Crippen LogP contribution in [0.2, 0.25) is 0 Å². The lowest BCUT2D eigenvalue weighted by Gasteiger charge is -2.23. The van der Waals surface area contributed by atoms with Gasteiger partial charge in [0.2, 0.25) is 0 Å². The standard InChI is InChI=1S/C12H19F3N4/c1-3-5-6-19(4-2)11-8-9(12(13,14)15)7-10(17-11)18-16/h7-8H,3-6,16H2,1-2H3,(H,17,18). The quantitative estimate of drug-likeness (QED) is 0.619. The van der Waals surface area contributed by atoms with Crippen molar-refractivity contribution in [2.75, 3.05) is 23.4 Å². The molecule has 108 valence electrons. The third-order valence-electron chi connectivity index (χ3n) is 2.77. The minimum Gasteiger partial charge on any atom is -0.357 e. The average molecular weight is 276 g/mol. The number of halogens is 3. The van der Waals surface area contributed by atoms with E-state index in [0.717, 1.165) is 25.0 Å². The van der Waals surface area contributed by atoms with E-state index in [-0.39, 0.29) is 5.82 Å². The van der Waals surface area contributed by atoms with Gasteiger partial charge in [0.05, 0.1) is 5.56 Å². The second kappa shape index (κ2) is 6.60. The van der Waals surface area contributed by atoms with E-state index in [1.165, 1.54) is 0 Å². The Morgan fingerprint density at radius 3 is 2.47 bits per heavy atom. The molecule has 3 N–H and O–H groups in total. The van der Waals surface area contributed by atoms with Crippen LogP contribution >= 0.6 is 0 Å². The van der Waals surface area contributed by atoms with Gasteiger partial charge in [0, 0.05) is 13.1 Å². The molecule has 0 aliphatic heterocycles. The molecule has 1 rings (SSSR count). The van der Waals surface area contributed by atoms with Crippen LogP contribution in [0.15, 0.2) is 12.1 Å². The molecule has 4 nitrogen and oxygen atoms in total. The maximum absolute atomic E-state index is 12.8. The predicted octanol–water partition coefficient (Wildman–Crippen LogP) is 3.01. The number of rotatable bonds is 6. The normalized spacial score (nSPS) is 11.5. The summed E-state index contributed by atoms with van der Waals surface area (Å²) in [5, 5.41) is 0. The SMILES string of the molecule is CCCCN(CC)c1cc(C(F)(F)F)cc(NN)n1. The molecule has 19 heavy (non-hydrogen) atoms. The molecule has 0 aliphatic rings. The highest BCUT2D eigenvalue weighted by atomic mass is 19.4. The summed E-state index contributed by atoms with van der Waals surface area (Å²) in [5.74, 6) is 5.48. The van der Waals surface area contributed by atoms with Gasteiger partial charge in [-0.1, -0.05) is 13.3 Å². The number of hydrogen-bond donors (Lipinski definition) is 2. The molecule has 0 saturated heterocycles. The summed E-state index contributed by atoms with van der Waals surface area (Å²) in [6.45, 7) is 5.18. The van der Waals surface area contributed by atoms with E-state index in [0.29, 0.717) is 18.9 Å². The van der Waals surface area contributed by atoms with Gasteiger partial charge < -0.3 is 10.3 Å². The number of unbranched alkanes of at least 4 members (excludes halogenated alkanes) is 1. The minimum absolute atomic E-state index is 0.0137. The van der Waals surface area contributed by atoms with Gasteiger partial charge in [0.15, 0.2) is 0 Å². The Hall–Kier alpha value is -1.50. The molecule has 0 fully saturated rings. The van der Waals surface area contributed by atoms with Crippen molar-refractivity contribution in [2.45, 2.75) is 32.9 Å². The average Bonchev–Trinajstić information content (AvgIpc) is 2.38. The molecule has 1 aromatic rings. The van der Waals surface area contributed by atoms with Crippen LogP contribution in [-0.4, -0.2) is 18.1 Å². The molecule has 7 heteroatoms. The van der Waals surface area contributed by atoms with Crippen molar-refractivity contribution < 1.29 is 13.2 Å². The van der Waals surface area contributed by atoms with Crippen molar-refractivity contribution in [2.24, 2.45) is 5.84 Å². The van der Waals surface area contributed by atoms with E-state index in [1.54, 1.807) is 4.90 Å². The Morgan fingerprint density at radius 2 is 2.00 bits per heavy atom. The summed E-state index contributed by atoms with van der Waals surface area (Å²) >= 11 is 0. The number of alkyl halides is 3. The number of nitrogen functional groups attached to an aromatic ring is 1. The summed E-state index contributed by atoms with van der Waals surface area (Å²) in [7, 11) is 0. The van der Waals surface area contributed by atoms with Gasteiger partial charge in [-0.25, -0.2) is 10.8 Å². The third kappa shape index (κ3) is 4.27. The molecule has 0 atom stereocenters. The highest BCUT2D eigenvalue weighted by molar-refractivity contribution is 5.50. The molecular formula is C12H19F3N4. The molecule has 0 unspecified atom stereocenters. The van der Waals surface area contributed by atoms with Crippen molar-refractivity contribution in [3.63, 3.8) is 0 Å². The van der Waals surface area contributed by atoms with Gasteiger partial charge in [0.1, 0.15) is 11.6 Å². The number of nitrogens with one attached hydrogen (secondary N) is 1. The van der Waals surface area contributed by atoms with Crippen molar-refractivity contribution >= 4 is 11.6 Å². The topological polar surface area (TPSA) is 54.2 Å². The molecule has 0 bridgehead atoms. The largest absolute Gasteiger partial charge is 0.416 e. The summed E-state index contributed by atoms with van der Waals surface area (Å²) < 4.78 is 38.4. The highest BCUT2D eigenvalue weighted by Crippen LogP contribution is 2.32. The molecule has 0 amide bonds. The maximum Gasteiger partial charge on any atom is 0.416 e. The van der Waals surface area contributed by atoms with E-state index < -0.39 is 11.7 Å². The van der Waals surface area contributed by atoms with Crippen LogP contribution in [-0.2, 0) is 6.18 Å². The summed E-state index contributed by atoms with van der Waals surface area (Å²) in [5.41, 5.74) is 1.43. The van der Waals surface area contributed by atoms with Gasteiger partial charge >= 0.3 is 6.18 Å². The van der Waals surface area contributed by atoms with Crippen LogP contribution in [0.1, 0.15) is 32.3 Å². The smallest absolute Gasteiger partial charge is 0.357 e. The lowest BCUT2D eigenvalue weighted by atomic mass is 10.2. The second-order valence-electron chi connectivity index (χ2n) is 4.17. The van der Waals surface area contributed by atoms with Gasteiger partial charge in [-0.05, 0) is 25.5 Å². The fraction of sp³-hybridized carbons (Fsp3) is 0.583. The number of nitrogens with two attached hydrogens (primary N) is 1. The van der Waals surface area contributed by atoms with Crippen LogP contribution in [0, 0.1) is 0 Å². The van der Waals surface area contributed by atoms with Crippen LogP contribution in [0.4, 0.5) is 24.8 Å². The summed E-state index contributed by atoms with van der Waals surface area (Å²) in [6, 6.07) is 1.96. The molecule has 1 heterocycles. The minimum atomic E-state index is -4.41. The van der Waals surface area contributed by atoms with Gasteiger partial charge in [-0.2, -0.15) is 13.2 Å². The first kappa shape index (κ1) is 15.6. The molecule has 0 aromatic carbocycles. The summed E-state index contributed by atoms with van der Waals surface area (Å²) in [6.07, 6.45) is -2.54. The van der Waals surface area contributed by atoms with Crippen LogP contribution in [0.5, 0.6) is 0 Å². The first-order valence-electron chi connectivity index (χ1n) is 6.23. The highest BCUT2D eigenvalue weighted by Gasteiger charge is 2.32. The zero-order valence-electron chi connectivity index (χ0n) is 11.1. The number of hydrogen-bond acceptors (Lipinski definition) is 4. The van der Waals surface area contributed by atoms with Crippen LogP contribution in [0.3, 0.4) is 0 Å². The Balaban J connectivity index is 3.11. The van der Waals surface area contributed by atoms with Gasteiger partial charge in [0.25, 0.3) is 0 Å². The number of anilines is 2. The van der Waals surface area contributed by atoms with Crippen molar-refractivity contribution in [1.82, 2.24) is 4.98 Å². The molecule has 0 spiro atoms. The predicted molar refractivity (Wildman–Crippen MR) is 69.8 cm³/mol. The van der Waals surface area contributed by atoms with Crippen molar-refractivity contribution in [1.29, 1.82) is 0 Å². The van der Waals surface area contributed by atoms with E-state index >= 15 is 0 Å². The maximum atomic E-state index is 12.8. The number of hydrazine groups is 1. The van der Waals surface area contributed by atoms with Crippen molar-refractivity contribution in [3.05, 3.63) is 17.7 Å². The Labute approximate surface area is 110 Å². The number of nitrogens with zero attached hydrogens (tertiary/aromatic N) is 2. The Morgan fingerprint density at radius 1 is 1.32 bits per heavy atom. The fourth-order valence-electron chi connectivity index (χ4n) is 1.70. The Kier molecular flexibility index (Phi) is 5.41. The first-order valence-corrected chi connectivity index (χ1v) is 6.23. The number of aromatic nitrogens is 1. The van der Waals surface area contributed by atoms with Crippen LogP contribution < -0.4 is 16.2 Å². The van der Waals surface area contributed by atoms with Crippen molar-refractivity contribution in [3.8, 4) is 0 Å².